The van der Waals surface area contributed by atoms with E-state index in [9.17, 15) is 0 Å². The summed E-state index contributed by atoms with van der Waals surface area (Å²) in [5, 5.41) is 13.3. The molecule has 604 valence electrons. The maximum absolute atomic E-state index is 5.18. The molecule has 11 heteroatoms. The summed E-state index contributed by atoms with van der Waals surface area (Å²) >= 11 is 0. The van der Waals surface area contributed by atoms with Crippen molar-refractivity contribution >= 4 is 97.9 Å². The van der Waals surface area contributed by atoms with Crippen LogP contribution in [0.15, 0.2) is 467 Å². The van der Waals surface area contributed by atoms with Crippen LogP contribution in [0, 0.1) is 0 Å². The van der Waals surface area contributed by atoms with Crippen LogP contribution in [0.4, 0.5) is 0 Å². The van der Waals surface area contributed by atoms with Crippen LogP contribution in [0.5, 0.6) is 0 Å². The van der Waals surface area contributed by atoms with Gasteiger partial charge < -0.3 is 13.7 Å². The first-order valence-electron chi connectivity index (χ1n) is 43.4. The van der Waals surface area contributed by atoms with Crippen molar-refractivity contribution in [3.63, 3.8) is 0 Å². The lowest BCUT2D eigenvalue weighted by Gasteiger charge is -2.11. The van der Waals surface area contributed by atoms with Gasteiger partial charge in [-0.3, -0.25) is 0 Å². The van der Waals surface area contributed by atoms with Crippen LogP contribution in [0.1, 0.15) is 0 Å². The molecule has 0 atom stereocenters. The third-order valence-corrected chi connectivity index (χ3v) is 24.3. The van der Waals surface area contributed by atoms with Gasteiger partial charge in [-0.2, -0.15) is 0 Å². The molecule has 0 amide bonds. The van der Waals surface area contributed by atoms with Crippen molar-refractivity contribution in [3.8, 4) is 130 Å². The van der Waals surface area contributed by atoms with E-state index in [0.717, 1.165) is 101 Å². The van der Waals surface area contributed by atoms with E-state index < -0.39 is 0 Å². The Balaban J connectivity index is 0.000000111. The first kappa shape index (κ1) is 76.4. The molecule has 0 saturated carbocycles. The molecule has 19 aromatic carbocycles. The van der Waals surface area contributed by atoms with E-state index in [4.69, 9.17) is 39.9 Å². The van der Waals surface area contributed by atoms with Crippen LogP contribution in [0.25, 0.3) is 228 Å². The average molecular weight is 1650 g/mol. The maximum atomic E-state index is 5.18. The van der Waals surface area contributed by atoms with Crippen molar-refractivity contribution < 1.29 is 0 Å². The van der Waals surface area contributed by atoms with E-state index in [2.05, 4.69) is 347 Å². The van der Waals surface area contributed by atoms with E-state index >= 15 is 0 Å². The number of para-hydroxylation sites is 5. The van der Waals surface area contributed by atoms with Gasteiger partial charge in [0.15, 0.2) is 40.8 Å². The van der Waals surface area contributed by atoms with Crippen molar-refractivity contribution in [1.82, 2.24) is 53.6 Å². The smallest absolute Gasteiger partial charge is 0.164 e. The number of aromatic nitrogens is 11. The second-order valence-corrected chi connectivity index (χ2v) is 32.1. The Morgan fingerprint density at radius 3 is 0.845 bits per heavy atom. The highest BCUT2D eigenvalue weighted by Gasteiger charge is 2.23. The summed E-state index contributed by atoms with van der Waals surface area (Å²) < 4.78 is 7.05. The molecule has 0 fully saturated rings. The molecule has 0 aliphatic carbocycles. The van der Waals surface area contributed by atoms with E-state index in [1.807, 2.05) is 133 Å². The first-order chi connectivity index (χ1) is 64.0. The summed E-state index contributed by atoms with van der Waals surface area (Å²) in [4.78, 5) is 39.7. The van der Waals surface area contributed by atoms with Gasteiger partial charge in [0.1, 0.15) is 0 Å². The predicted octanol–water partition coefficient (Wildman–Crippen LogP) is 29.6. The fourth-order valence-electron chi connectivity index (χ4n) is 18.1. The number of fused-ring (bicyclic) bond motifs is 14. The third kappa shape index (κ3) is 14.5. The van der Waals surface area contributed by atoms with Crippen LogP contribution >= 0.6 is 0 Å². The molecule has 0 N–H and O–H groups in total. The number of nitrogens with zero attached hydrogens (tertiary/aromatic N) is 11. The van der Waals surface area contributed by atoms with Gasteiger partial charge in [-0.25, -0.2) is 39.9 Å². The minimum atomic E-state index is 0.650. The third-order valence-electron chi connectivity index (χ3n) is 24.3. The molecule has 0 radical (unpaired) electrons. The maximum Gasteiger partial charge on any atom is 0.164 e. The zero-order chi connectivity index (χ0) is 85.5. The van der Waals surface area contributed by atoms with Gasteiger partial charge in [0, 0.05) is 99.3 Å². The number of benzene rings is 19. The van der Waals surface area contributed by atoms with Crippen molar-refractivity contribution in [2.24, 2.45) is 0 Å². The molecule has 0 aliphatic heterocycles. The largest absolute Gasteiger partial charge is 0.309 e. The molecule has 0 bridgehead atoms. The average Bonchev–Trinajstić information content (AvgIpc) is 1.58. The van der Waals surface area contributed by atoms with E-state index in [0.29, 0.717) is 34.9 Å². The monoisotopic (exact) mass is 1650 g/mol. The van der Waals surface area contributed by atoms with Crippen molar-refractivity contribution in [2.45, 2.75) is 0 Å². The molecular weight excluding hydrogens is 1570 g/mol. The molecule has 0 aliphatic rings. The Morgan fingerprint density at radius 1 is 0.140 bits per heavy atom. The Kier molecular flexibility index (Phi) is 19.7. The molecule has 0 unspecified atom stereocenters. The Hall–Kier alpha value is -17.5. The van der Waals surface area contributed by atoms with Crippen LogP contribution in [-0.4, -0.2) is 53.6 Å². The standard InChI is InChI=1S/C43H28N4.C38H25N3.C37H24N4/c1-4-13-31(14-5-1)41-44-42(32-15-6-2-7-16-32)46-43(45-41)33-22-20-29(21-23-33)34-25-26-38-37(28-34)40-36-19-11-10-12-30(36)24-27-39(40)47(38)35-17-8-3-9-18-35;1-3-11-26(12-4-1)27-19-21-28(22-20-27)37-32-16-7-9-17-34(32)39-38(40-37)29-23-24-36-33(25-29)31-15-8-10-18-35(31)41(36)30-13-5-2-6-14-30;1-4-13-26(14-5-1)35-38-36(27-15-6-2-7-16-27)40-37(39-35)28-21-22-32-31(24-28)34-30-19-11-10-12-25(30)20-23-33(34)41(32)29-17-8-3-9-18-29/h1-28H;1-25H;1-24H. The lowest BCUT2D eigenvalue weighted by molar-refractivity contribution is 1.07. The second-order valence-electron chi connectivity index (χ2n) is 32.1. The van der Waals surface area contributed by atoms with Crippen molar-refractivity contribution in [2.75, 3.05) is 0 Å². The molecular formula is C118H77N11. The Bertz CT molecular complexity index is 8370. The van der Waals surface area contributed by atoms with Gasteiger partial charge in [-0.1, -0.05) is 358 Å². The quantitative estimate of drug-likeness (QED) is 0.112. The summed E-state index contributed by atoms with van der Waals surface area (Å²) in [7, 11) is 0. The van der Waals surface area contributed by atoms with E-state index in [1.165, 1.54) is 92.6 Å². The van der Waals surface area contributed by atoms with Gasteiger partial charge in [0.25, 0.3) is 0 Å². The summed E-state index contributed by atoms with van der Waals surface area (Å²) in [5.74, 6) is 4.66. The van der Waals surface area contributed by atoms with Crippen molar-refractivity contribution in [1.29, 1.82) is 0 Å². The topological polar surface area (TPSA) is 118 Å². The molecule has 25 rings (SSSR count). The van der Waals surface area contributed by atoms with Crippen LogP contribution in [-0.2, 0) is 0 Å². The van der Waals surface area contributed by atoms with Crippen LogP contribution < -0.4 is 0 Å². The normalized spacial score (nSPS) is 11.4. The highest BCUT2D eigenvalue weighted by atomic mass is 15.1. The molecule has 6 heterocycles. The van der Waals surface area contributed by atoms with Gasteiger partial charge >= 0.3 is 0 Å². The van der Waals surface area contributed by atoms with Crippen molar-refractivity contribution in [3.05, 3.63) is 467 Å². The number of rotatable bonds is 13. The van der Waals surface area contributed by atoms with Gasteiger partial charge in [-0.05, 0) is 153 Å². The number of hydrogen-bond acceptors (Lipinski definition) is 8. The van der Waals surface area contributed by atoms with Gasteiger partial charge in [0.2, 0.25) is 0 Å². The highest BCUT2D eigenvalue weighted by Crippen LogP contribution is 2.44. The first-order valence-corrected chi connectivity index (χ1v) is 43.4. The molecule has 11 nitrogen and oxygen atoms in total. The SMILES string of the molecule is c1ccc(-c2ccc(-c3nc(-c4ccc5c(c4)c4ccccc4n5-c4ccccc4)nc4ccccc34)cc2)cc1.c1ccc(-c2nc(-c3ccccc3)nc(-c3ccc(-c4ccc5c(c4)c4c6ccccc6ccc4n5-c4ccccc4)cc3)n2)cc1.c1ccc(-c2nc(-c3ccccc3)nc(-c3ccc4c(c3)c3c5ccccc5ccc3n4-c3ccccc3)n2)cc1. The fourth-order valence-corrected chi connectivity index (χ4v) is 18.1. The number of hydrogen-bond donors (Lipinski definition) is 0. The summed E-state index contributed by atoms with van der Waals surface area (Å²) in [5.41, 5.74) is 24.9. The van der Waals surface area contributed by atoms with Gasteiger partial charge in [-0.15, -0.1) is 0 Å². The van der Waals surface area contributed by atoms with Crippen LogP contribution in [0.2, 0.25) is 0 Å². The molecule has 0 saturated heterocycles. The zero-order valence-electron chi connectivity index (χ0n) is 69.9. The Morgan fingerprint density at radius 2 is 0.403 bits per heavy atom. The van der Waals surface area contributed by atoms with Gasteiger partial charge in [0.05, 0.1) is 44.3 Å². The fraction of sp³-hybridized carbons (Fsp3) is 0. The predicted molar refractivity (Wildman–Crippen MR) is 532 cm³/mol. The van der Waals surface area contributed by atoms with E-state index in [-0.39, 0.29) is 0 Å². The molecule has 6 aromatic heterocycles. The second kappa shape index (κ2) is 33.3. The zero-order valence-corrected chi connectivity index (χ0v) is 69.9. The molecule has 25 aromatic rings. The van der Waals surface area contributed by atoms with E-state index in [1.54, 1.807) is 0 Å². The minimum Gasteiger partial charge on any atom is -0.309 e. The molecule has 0 spiro atoms. The molecule has 129 heavy (non-hydrogen) atoms. The summed E-state index contributed by atoms with van der Waals surface area (Å²) in [6.07, 6.45) is 0. The lowest BCUT2D eigenvalue weighted by Crippen LogP contribution is -2.00. The summed E-state index contributed by atoms with van der Waals surface area (Å²) in [6.45, 7) is 0. The minimum absolute atomic E-state index is 0.650. The highest BCUT2D eigenvalue weighted by molar-refractivity contribution is 6.23. The van der Waals surface area contributed by atoms with Crippen LogP contribution in [0.3, 0.4) is 0 Å². The lowest BCUT2D eigenvalue weighted by atomic mass is 9.99. The summed E-state index contributed by atoms with van der Waals surface area (Å²) in [6, 6.07) is 163. The Labute approximate surface area is 743 Å².